The minimum atomic E-state index is 0.111. The van der Waals surface area contributed by atoms with Gasteiger partial charge < -0.3 is 9.47 Å². The predicted octanol–water partition coefficient (Wildman–Crippen LogP) is 5.73. The molecule has 3 aliphatic heterocycles. The molecule has 0 aliphatic carbocycles. The summed E-state index contributed by atoms with van der Waals surface area (Å²) in [5.74, 6) is 3.71. The summed E-state index contributed by atoms with van der Waals surface area (Å²) in [4.78, 5) is 1.46. The molecule has 2 atom stereocenters. The molecule has 0 fully saturated rings. The van der Waals surface area contributed by atoms with Crippen LogP contribution in [0, 0.1) is 0 Å². The molecule has 3 heteroatoms. The van der Waals surface area contributed by atoms with E-state index in [1.54, 1.807) is 0 Å². The zero-order valence-electron chi connectivity index (χ0n) is 15.7. The normalized spacial score (nSPS) is 22.0. The third-order valence-corrected chi connectivity index (χ3v) is 7.31. The van der Waals surface area contributed by atoms with Crippen LogP contribution in [0.15, 0.2) is 65.6 Å². The SMILES string of the molecule is c1ccc2c(c1)CC(c1ccc3c(c1)CC(c1ccc4c(c1)CCS4)CO3)O2. The van der Waals surface area contributed by atoms with Gasteiger partial charge in [-0.2, -0.15) is 0 Å². The average molecular weight is 387 g/mol. The van der Waals surface area contributed by atoms with E-state index in [-0.39, 0.29) is 6.10 Å². The van der Waals surface area contributed by atoms with Gasteiger partial charge in [0.25, 0.3) is 0 Å². The Balaban J connectivity index is 1.26. The van der Waals surface area contributed by atoms with Gasteiger partial charge in [-0.15, -0.1) is 11.8 Å². The Bertz CT molecular complexity index is 1030. The van der Waals surface area contributed by atoms with Crippen molar-refractivity contribution in [1.29, 1.82) is 0 Å². The number of fused-ring (bicyclic) bond motifs is 3. The minimum Gasteiger partial charge on any atom is -0.493 e. The van der Waals surface area contributed by atoms with Crippen LogP contribution >= 0.6 is 11.8 Å². The largest absolute Gasteiger partial charge is 0.493 e. The van der Waals surface area contributed by atoms with Crippen molar-refractivity contribution in [3.63, 3.8) is 0 Å². The fourth-order valence-corrected chi connectivity index (χ4v) is 5.71. The Morgan fingerprint density at radius 3 is 2.64 bits per heavy atom. The highest BCUT2D eigenvalue weighted by atomic mass is 32.2. The number of para-hydroxylation sites is 1. The molecule has 0 saturated heterocycles. The molecule has 2 unspecified atom stereocenters. The lowest BCUT2D eigenvalue weighted by atomic mass is 9.88. The van der Waals surface area contributed by atoms with Crippen molar-refractivity contribution < 1.29 is 9.47 Å². The number of ether oxygens (including phenoxy) is 2. The summed E-state index contributed by atoms with van der Waals surface area (Å²) in [6.07, 6.45) is 3.29. The van der Waals surface area contributed by atoms with Gasteiger partial charge in [-0.1, -0.05) is 36.4 Å². The Hall–Kier alpha value is -2.39. The summed E-state index contributed by atoms with van der Waals surface area (Å²) >= 11 is 1.98. The van der Waals surface area contributed by atoms with E-state index in [2.05, 4.69) is 54.6 Å². The van der Waals surface area contributed by atoms with Gasteiger partial charge >= 0.3 is 0 Å². The van der Waals surface area contributed by atoms with Crippen molar-refractivity contribution in [2.45, 2.75) is 36.2 Å². The molecule has 28 heavy (non-hydrogen) atoms. The van der Waals surface area contributed by atoms with Crippen LogP contribution in [0.25, 0.3) is 0 Å². The molecule has 0 aromatic heterocycles. The van der Waals surface area contributed by atoms with Crippen LogP contribution in [0.4, 0.5) is 0 Å². The lowest BCUT2D eigenvalue weighted by Crippen LogP contribution is -2.20. The molecular weight excluding hydrogens is 364 g/mol. The number of rotatable bonds is 2. The molecule has 140 valence electrons. The van der Waals surface area contributed by atoms with Crippen LogP contribution in [0.3, 0.4) is 0 Å². The van der Waals surface area contributed by atoms with E-state index in [1.807, 2.05) is 17.8 Å². The average Bonchev–Trinajstić information content (AvgIpc) is 3.39. The number of thioether (sulfide) groups is 1. The molecule has 2 nitrogen and oxygen atoms in total. The number of aryl methyl sites for hydroxylation is 1. The summed E-state index contributed by atoms with van der Waals surface area (Å²) < 4.78 is 12.3. The van der Waals surface area contributed by atoms with Gasteiger partial charge in [0, 0.05) is 23.0 Å². The van der Waals surface area contributed by atoms with Crippen molar-refractivity contribution in [1.82, 2.24) is 0 Å². The second-order valence-corrected chi connectivity index (χ2v) is 9.10. The first-order valence-electron chi connectivity index (χ1n) is 10.1. The summed E-state index contributed by atoms with van der Waals surface area (Å²) in [5, 5.41) is 0. The molecule has 3 aromatic carbocycles. The van der Waals surface area contributed by atoms with Gasteiger partial charge in [-0.05, 0) is 64.9 Å². The summed E-state index contributed by atoms with van der Waals surface area (Å²) in [7, 11) is 0. The summed E-state index contributed by atoms with van der Waals surface area (Å²) in [6, 6.07) is 22.0. The van der Waals surface area contributed by atoms with Gasteiger partial charge in [0.2, 0.25) is 0 Å². The Morgan fingerprint density at radius 2 is 1.68 bits per heavy atom. The van der Waals surface area contributed by atoms with Crippen molar-refractivity contribution >= 4 is 11.8 Å². The van der Waals surface area contributed by atoms with E-state index in [0.29, 0.717) is 5.92 Å². The van der Waals surface area contributed by atoms with Crippen LogP contribution in [0.5, 0.6) is 11.5 Å². The molecule has 0 amide bonds. The molecule has 0 spiro atoms. The molecule has 0 N–H and O–H groups in total. The minimum absolute atomic E-state index is 0.111. The Morgan fingerprint density at radius 1 is 0.786 bits per heavy atom. The maximum Gasteiger partial charge on any atom is 0.128 e. The maximum absolute atomic E-state index is 6.20. The Labute approximate surface area is 169 Å². The highest BCUT2D eigenvalue weighted by Gasteiger charge is 2.27. The first-order chi connectivity index (χ1) is 13.8. The van der Waals surface area contributed by atoms with E-state index in [1.165, 1.54) is 44.9 Å². The zero-order chi connectivity index (χ0) is 18.5. The van der Waals surface area contributed by atoms with Crippen molar-refractivity contribution in [3.8, 4) is 11.5 Å². The molecule has 3 heterocycles. The second-order valence-electron chi connectivity index (χ2n) is 7.96. The summed E-state index contributed by atoms with van der Waals surface area (Å²) in [5.41, 5.74) is 6.80. The van der Waals surface area contributed by atoms with E-state index in [9.17, 15) is 0 Å². The molecular formula is C25H22O2S. The highest BCUT2D eigenvalue weighted by molar-refractivity contribution is 7.99. The molecule has 3 aromatic rings. The fraction of sp³-hybridized carbons (Fsp3) is 0.280. The van der Waals surface area contributed by atoms with Crippen LogP contribution in [0.2, 0.25) is 0 Å². The topological polar surface area (TPSA) is 18.5 Å². The van der Waals surface area contributed by atoms with Crippen LogP contribution in [-0.4, -0.2) is 12.4 Å². The van der Waals surface area contributed by atoms with Gasteiger partial charge in [0.05, 0.1) is 6.61 Å². The molecule has 0 radical (unpaired) electrons. The van der Waals surface area contributed by atoms with E-state index in [4.69, 9.17) is 9.47 Å². The zero-order valence-corrected chi connectivity index (χ0v) is 16.5. The lowest BCUT2D eigenvalue weighted by molar-refractivity contribution is 0.236. The molecule has 3 aliphatic rings. The van der Waals surface area contributed by atoms with Gasteiger partial charge in [0.15, 0.2) is 0 Å². The summed E-state index contributed by atoms with van der Waals surface area (Å²) in [6.45, 7) is 0.768. The first kappa shape index (κ1) is 16.6. The maximum atomic E-state index is 6.20. The van der Waals surface area contributed by atoms with Crippen LogP contribution < -0.4 is 9.47 Å². The van der Waals surface area contributed by atoms with Crippen molar-refractivity contribution in [3.05, 3.63) is 88.5 Å². The van der Waals surface area contributed by atoms with Crippen LogP contribution in [0.1, 0.15) is 39.8 Å². The number of benzene rings is 3. The molecule has 6 rings (SSSR count). The first-order valence-corrected chi connectivity index (χ1v) is 11.1. The lowest BCUT2D eigenvalue weighted by Gasteiger charge is -2.27. The van der Waals surface area contributed by atoms with Gasteiger partial charge in [0.1, 0.15) is 17.6 Å². The van der Waals surface area contributed by atoms with E-state index >= 15 is 0 Å². The molecule has 0 saturated carbocycles. The third kappa shape index (κ3) is 2.80. The monoisotopic (exact) mass is 386 g/mol. The van der Waals surface area contributed by atoms with Gasteiger partial charge in [-0.3, -0.25) is 0 Å². The Kier molecular flexibility index (Phi) is 3.90. The predicted molar refractivity (Wildman–Crippen MR) is 113 cm³/mol. The van der Waals surface area contributed by atoms with Crippen molar-refractivity contribution in [2.24, 2.45) is 0 Å². The second kappa shape index (κ2) is 6.59. The fourth-order valence-electron chi connectivity index (χ4n) is 4.66. The van der Waals surface area contributed by atoms with E-state index in [0.717, 1.165) is 30.9 Å². The molecule has 0 bridgehead atoms. The number of hydrogen-bond donors (Lipinski definition) is 0. The smallest absolute Gasteiger partial charge is 0.128 e. The van der Waals surface area contributed by atoms with Crippen molar-refractivity contribution in [2.75, 3.05) is 12.4 Å². The van der Waals surface area contributed by atoms with Crippen LogP contribution in [-0.2, 0) is 19.3 Å². The third-order valence-electron chi connectivity index (χ3n) is 6.19. The quantitative estimate of drug-likeness (QED) is 0.560. The highest BCUT2D eigenvalue weighted by Crippen LogP contribution is 2.40. The van der Waals surface area contributed by atoms with Gasteiger partial charge in [-0.25, -0.2) is 0 Å². The van der Waals surface area contributed by atoms with E-state index < -0.39 is 0 Å². The number of hydrogen-bond acceptors (Lipinski definition) is 3. The standard InChI is InChI=1S/C25H22O2S/c1-2-4-23-17(3-1)14-24(27-23)18-5-7-22-20(12-18)13-21(15-26-22)16-6-8-25-19(11-16)9-10-28-25/h1-8,11-12,21,24H,9-10,13-15H2.